The number of aromatic nitrogens is 5. The van der Waals surface area contributed by atoms with Gasteiger partial charge in [0.2, 0.25) is 5.89 Å². The quantitative estimate of drug-likeness (QED) is 0.712. The van der Waals surface area contributed by atoms with Gasteiger partial charge in [-0.05, 0) is 26.7 Å². The zero-order valence-corrected chi connectivity index (χ0v) is 14.9. The monoisotopic (exact) mass is 358 g/mol. The van der Waals surface area contributed by atoms with Gasteiger partial charge in [0, 0.05) is 19.3 Å². The normalized spacial score (nSPS) is 17.4. The van der Waals surface area contributed by atoms with E-state index in [1.807, 2.05) is 13.8 Å². The molecule has 8 nitrogen and oxygen atoms in total. The second-order valence-electron chi connectivity index (χ2n) is 5.95. The van der Waals surface area contributed by atoms with Crippen molar-refractivity contribution in [3.8, 4) is 10.8 Å². The number of rotatable bonds is 4. The minimum Gasteiger partial charge on any atom is -0.418 e. The van der Waals surface area contributed by atoms with E-state index >= 15 is 0 Å². The van der Waals surface area contributed by atoms with Crippen molar-refractivity contribution in [3.63, 3.8) is 0 Å². The fourth-order valence-electron chi connectivity index (χ4n) is 3.05. The van der Waals surface area contributed by atoms with E-state index in [2.05, 4.69) is 20.3 Å². The van der Waals surface area contributed by atoms with Crippen molar-refractivity contribution in [1.82, 2.24) is 29.9 Å². The molecule has 0 radical (unpaired) electrons. The van der Waals surface area contributed by atoms with Gasteiger partial charge >= 0.3 is 0 Å². The summed E-state index contributed by atoms with van der Waals surface area (Å²) in [6, 6.07) is -0.188. The van der Waals surface area contributed by atoms with Gasteiger partial charge in [-0.2, -0.15) is 5.10 Å². The summed E-state index contributed by atoms with van der Waals surface area (Å²) in [5.41, 5.74) is 3.21. The Kier molecular flexibility index (Phi) is 4.08. The summed E-state index contributed by atoms with van der Waals surface area (Å²) < 4.78 is 7.61. The van der Waals surface area contributed by atoms with E-state index in [-0.39, 0.29) is 11.9 Å². The molecule has 130 valence electrons. The molecule has 0 saturated carbocycles. The molecule has 1 aliphatic rings. The first-order valence-corrected chi connectivity index (χ1v) is 9.12. The first kappa shape index (κ1) is 15.9. The van der Waals surface area contributed by atoms with Crippen molar-refractivity contribution < 1.29 is 9.21 Å². The lowest BCUT2D eigenvalue weighted by Gasteiger charge is -2.21. The molecule has 0 bridgehead atoms. The number of carbonyl (C=O) groups is 1. The van der Waals surface area contributed by atoms with Gasteiger partial charge in [-0.25, -0.2) is 4.98 Å². The summed E-state index contributed by atoms with van der Waals surface area (Å²) >= 11 is 1.47. The number of hydrogen-bond donors (Lipinski definition) is 0. The number of amides is 1. The molecule has 1 aliphatic heterocycles. The summed E-state index contributed by atoms with van der Waals surface area (Å²) in [5, 5.41) is 12.5. The zero-order chi connectivity index (χ0) is 17.4. The molecule has 4 heterocycles. The third-order valence-corrected chi connectivity index (χ3v) is 5.30. The van der Waals surface area contributed by atoms with Crippen LogP contribution in [0.25, 0.3) is 10.8 Å². The summed E-state index contributed by atoms with van der Waals surface area (Å²) in [5.74, 6) is 0.903. The van der Waals surface area contributed by atoms with Gasteiger partial charge in [0.15, 0.2) is 0 Å². The fraction of sp³-hybridized carbons (Fsp3) is 0.438. The third-order valence-electron chi connectivity index (χ3n) is 4.38. The van der Waals surface area contributed by atoms with E-state index in [9.17, 15) is 4.79 Å². The van der Waals surface area contributed by atoms with Crippen molar-refractivity contribution in [2.75, 3.05) is 6.54 Å². The van der Waals surface area contributed by atoms with Gasteiger partial charge < -0.3 is 9.32 Å². The topological polar surface area (TPSA) is 89.9 Å². The lowest BCUT2D eigenvalue weighted by atomic mass is 10.2. The van der Waals surface area contributed by atoms with Crippen molar-refractivity contribution in [2.45, 2.75) is 39.3 Å². The molecule has 1 saturated heterocycles. The van der Waals surface area contributed by atoms with Crippen molar-refractivity contribution >= 4 is 17.2 Å². The van der Waals surface area contributed by atoms with Gasteiger partial charge in [0.25, 0.3) is 11.8 Å². The minimum absolute atomic E-state index is 0.0454. The van der Waals surface area contributed by atoms with Crippen molar-refractivity contribution in [2.24, 2.45) is 0 Å². The highest BCUT2D eigenvalue weighted by Gasteiger charge is 2.35. The summed E-state index contributed by atoms with van der Waals surface area (Å²) in [4.78, 5) is 19.7. The Hall–Kier alpha value is -2.55. The van der Waals surface area contributed by atoms with Crippen LogP contribution in [0.3, 0.4) is 0 Å². The Bertz CT molecular complexity index is 898. The molecule has 0 spiro atoms. The SMILES string of the molecule is CCn1cc(C(=O)N2CCC[C@@H]2c2nnc(-c3scnc3C)o2)cn1. The zero-order valence-electron chi connectivity index (χ0n) is 14.0. The molecular formula is C16H18N6O2S. The van der Waals surface area contributed by atoms with Crippen LogP contribution in [0.5, 0.6) is 0 Å². The van der Waals surface area contributed by atoms with Gasteiger partial charge in [-0.1, -0.05) is 0 Å². The second kappa shape index (κ2) is 6.40. The summed E-state index contributed by atoms with van der Waals surface area (Å²) in [6.45, 7) is 5.31. The second-order valence-corrected chi connectivity index (χ2v) is 6.81. The fourth-order valence-corrected chi connectivity index (χ4v) is 3.77. The van der Waals surface area contributed by atoms with Crippen molar-refractivity contribution in [1.29, 1.82) is 0 Å². The molecule has 0 aliphatic carbocycles. The van der Waals surface area contributed by atoms with Crippen molar-refractivity contribution in [3.05, 3.63) is 35.1 Å². The maximum Gasteiger partial charge on any atom is 0.259 e. The van der Waals surface area contributed by atoms with Crippen LogP contribution >= 0.6 is 11.3 Å². The highest BCUT2D eigenvalue weighted by molar-refractivity contribution is 7.13. The molecule has 1 atom stereocenters. The Morgan fingerprint density at radius 3 is 3.04 bits per heavy atom. The van der Waals surface area contributed by atoms with Gasteiger partial charge in [-0.3, -0.25) is 9.48 Å². The number of likely N-dealkylation sites (tertiary alicyclic amines) is 1. The average Bonchev–Trinajstić information content (AvgIpc) is 3.38. The van der Waals surface area contributed by atoms with E-state index in [0.717, 1.165) is 30.0 Å². The van der Waals surface area contributed by atoms with E-state index in [1.54, 1.807) is 27.5 Å². The average molecular weight is 358 g/mol. The van der Waals surface area contributed by atoms with Crippen LogP contribution in [0.4, 0.5) is 0 Å². The summed E-state index contributed by atoms with van der Waals surface area (Å²) in [7, 11) is 0. The molecule has 1 fully saturated rings. The molecule has 25 heavy (non-hydrogen) atoms. The minimum atomic E-state index is -0.188. The molecule has 0 aromatic carbocycles. The van der Waals surface area contributed by atoms with Crippen LogP contribution in [0.15, 0.2) is 22.3 Å². The predicted octanol–water partition coefficient (Wildman–Crippen LogP) is 2.70. The Morgan fingerprint density at radius 2 is 2.32 bits per heavy atom. The highest BCUT2D eigenvalue weighted by atomic mass is 32.1. The van der Waals surface area contributed by atoms with Crippen LogP contribution in [-0.2, 0) is 6.54 Å². The molecule has 0 unspecified atom stereocenters. The Labute approximate surface area is 148 Å². The number of nitrogens with zero attached hydrogens (tertiary/aromatic N) is 6. The van der Waals surface area contributed by atoms with Gasteiger partial charge in [0.05, 0.1) is 23.0 Å². The molecule has 3 aromatic heterocycles. The maximum absolute atomic E-state index is 12.8. The maximum atomic E-state index is 12.8. The third kappa shape index (κ3) is 2.84. The Balaban J connectivity index is 1.58. The highest BCUT2D eigenvalue weighted by Crippen LogP contribution is 2.34. The smallest absolute Gasteiger partial charge is 0.259 e. The molecule has 0 N–H and O–H groups in total. The van der Waals surface area contributed by atoms with Crippen LogP contribution < -0.4 is 0 Å². The largest absolute Gasteiger partial charge is 0.418 e. The first-order valence-electron chi connectivity index (χ1n) is 8.24. The van der Waals surface area contributed by atoms with Gasteiger partial charge in [-0.15, -0.1) is 21.5 Å². The molecule has 1 amide bonds. The molecule has 3 aromatic rings. The van der Waals surface area contributed by atoms with Crippen LogP contribution in [0.2, 0.25) is 0 Å². The van der Waals surface area contributed by atoms with E-state index in [1.165, 1.54) is 11.3 Å². The van der Waals surface area contributed by atoms with Gasteiger partial charge in [0.1, 0.15) is 10.9 Å². The summed E-state index contributed by atoms with van der Waals surface area (Å²) in [6.07, 6.45) is 5.12. The Morgan fingerprint density at radius 1 is 1.44 bits per heavy atom. The lowest BCUT2D eigenvalue weighted by molar-refractivity contribution is 0.0716. The molecular weight excluding hydrogens is 340 g/mol. The standard InChI is InChI=1S/C16H18N6O2S/c1-3-21-8-11(7-18-21)16(23)22-6-4-5-12(22)14-19-20-15(24-14)13-10(2)17-9-25-13/h7-9,12H,3-6H2,1-2H3/t12-/m1/s1. The number of aryl methyl sites for hydroxylation is 2. The van der Waals surface area contributed by atoms with Crippen LogP contribution in [0, 0.1) is 6.92 Å². The first-order chi connectivity index (χ1) is 12.2. The van der Waals surface area contributed by atoms with E-state index in [0.29, 0.717) is 23.9 Å². The number of thiazole rings is 1. The molecule has 9 heteroatoms. The van der Waals surface area contributed by atoms with E-state index in [4.69, 9.17) is 4.42 Å². The van der Waals surface area contributed by atoms with Crippen LogP contribution in [-0.4, -0.2) is 42.3 Å². The molecule has 4 rings (SSSR count). The lowest BCUT2D eigenvalue weighted by Crippen LogP contribution is -2.30. The van der Waals surface area contributed by atoms with Crippen LogP contribution in [0.1, 0.15) is 47.7 Å². The van der Waals surface area contributed by atoms with E-state index < -0.39 is 0 Å². The predicted molar refractivity (Wildman–Crippen MR) is 91.1 cm³/mol. The number of hydrogen-bond acceptors (Lipinski definition) is 7. The number of carbonyl (C=O) groups excluding carboxylic acids is 1.